The summed E-state index contributed by atoms with van der Waals surface area (Å²) in [4.78, 5) is 2.47. The molecule has 0 spiro atoms. The van der Waals surface area contributed by atoms with E-state index in [1.807, 2.05) is 0 Å². The molecular formula is C27H37FN2. The minimum absolute atomic E-state index is 0.564. The predicted molar refractivity (Wildman–Crippen MR) is 124 cm³/mol. The molecule has 0 aliphatic heterocycles. The average molecular weight is 409 g/mol. The van der Waals surface area contributed by atoms with E-state index in [1.165, 1.54) is 30.0 Å². The molecule has 162 valence electrons. The van der Waals surface area contributed by atoms with Gasteiger partial charge in [-0.3, -0.25) is 0 Å². The maximum absolute atomic E-state index is 13.3. The van der Waals surface area contributed by atoms with E-state index in [0.29, 0.717) is 12.0 Å². The first-order valence-corrected chi connectivity index (χ1v) is 11.3. The van der Waals surface area contributed by atoms with Crippen molar-refractivity contribution in [2.75, 3.05) is 13.6 Å². The van der Waals surface area contributed by atoms with E-state index in [9.17, 15) is 4.39 Å². The van der Waals surface area contributed by atoms with Gasteiger partial charge in [-0.1, -0.05) is 54.6 Å². The summed E-state index contributed by atoms with van der Waals surface area (Å²) >= 11 is 0. The second kappa shape index (κ2) is 13.2. The molecule has 1 unspecified atom stereocenters. The molecule has 2 aromatic carbocycles. The quantitative estimate of drug-likeness (QED) is 0.485. The average Bonchev–Trinajstić information content (AvgIpc) is 2.78. The maximum Gasteiger partial charge on any atom is 0.100 e. The highest BCUT2D eigenvalue weighted by atomic mass is 19.1. The smallest absolute Gasteiger partial charge is 0.100 e. The molecular weight excluding hydrogens is 371 g/mol. The van der Waals surface area contributed by atoms with Crippen LogP contribution in [0.1, 0.15) is 68.6 Å². The van der Waals surface area contributed by atoms with Gasteiger partial charge in [-0.05, 0) is 81.5 Å². The molecule has 3 heteroatoms. The number of nitriles is 1. The molecule has 0 radical (unpaired) electrons. The standard InChI is InChI=1S/C25H34FN.C2H3N/c1-20(27(2)19-18-21-6-4-3-5-7-21)8-9-22-10-12-23(13-11-22)24-14-16-25(26)17-15-24;1-2-3/h3-7,10-13,20,24-25H,8-9,14-19H2,1-2H3;1H3. The number of alkyl halides is 1. The molecule has 2 aromatic rings. The number of nitrogens with zero attached hydrogens (tertiary/aromatic N) is 2. The van der Waals surface area contributed by atoms with Crippen LogP contribution in [-0.2, 0) is 12.8 Å². The summed E-state index contributed by atoms with van der Waals surface area (Å²) < 4.78 is 13.3. The number of aryl methyl sites for hydroxylation is 1. The third kappa shape index (κ3) is 8.28. The Bertz CT molecular complexity index is 743. The first kappa shape index (κ1) is 24.1. The monoisotopic (exact) mass is 408 g/mol. The van der Waals surface area contributed by atoms with Gasteiger partial charge in [-0.25, -0.2) is 4.39 Å². The summed E-state index contributed by atoms with van der Waals surface area (Å²) in [5.74, 6) is 0.564. The third-order valence-electron chi connectivity index (χ3n) is 6.31. The normalized spacial score (nSPS) is 19.5. The molecule has 0 aromatic heterocycles. The Labute approximate surface area is 182 Å². The molecule has 1 atom stereocenters. The largest absolute Gasteiger partial charge is 0.303 e. The number of rotatable bonds is 8. The number of hydrogen-bond donors (Lipinski definition) is 0. The fourth-order valence-corrected chi connectivity index (χ4v) is 4.11. The van der Waals surface area contributed by atoms with Crippen molar-refractivity contribution in [2.45, 2.75) is 76.9 Å². The molecule has 1 saturated carbocycles. The summed E-state index contributed by atoms with van der Waals surface area (Å²) in [5, 5.41) is 7.32. The summed E-state index contributed by atoms with van der Waals surface area (Å²) in [6.45, 7) is 4.86. The highest BCUT2D eigenvalue weighted by molar-refractivity contribution is 5.26. The molecule has 1 aliphatic rings. The Hall–Kier alpha value is -2.18. The van der Waals surface area contributed by atoms with Crippen LogP contribution in [0.15, 0.2) is 54.6 Å². The second-order valence-corrected chi connectivity index (χ2v) is 8.52. The fourth-order valence-electron chi connectivity index (χ4n) is 4.11. The lowest BCUT2D eigenvalue weighted by atomic mass is 9.83. The van der Waals surface area contributed by atoms with E-state index in [0.717, 1.165) is 45.1 Å². The predicted octanol–water partition coefficient (Wildman–Crippen LogP) is 6.71. The van der Waals surface area contributed by atoms with Crippen LogP contribution in [0.5, 0.6) is 0 Å². The van der Waals surface area contributed by atoms with Crippen LogP contribution in [0.3, 0.4) is 0 Å². The van der Waals surface area contributed by atoms with Crippen LogP contribution in [-0.4, -0.2) is 30.7 Å². The van der Waals surface area contributed by atoms with Crippen LogP contribution in [0.25, 0.3) is 0 Å². The Balaban J connectivity index is 0.00000101. The molecule has 2 nitrogen and oxygen atoms in total. The van der Waals surface area contributed by atoms with Crippen molar-refractivity contribution in [3.05, 3.63) is 71.3 Å². The lowest BCUT2D eigenvalue weighted by Gasteiger charge is -2.25. The molecule has 30 heavy (non-hydrogen) atoms. The van der Waals surface area contributed by atoms with E-state index in [2.05, 4.69) is 73.5 Å². The van der Waals surface area contributed by atoms with Crippen molar-refractivity contribution >= 4 is 0 Å². The van der Waals surface area contributed by atoms with Crippen molar-refractivity contribution in [2.24, 2.45) is 0 Å². The minimum Gasteiger partial charge on any atom is -0.303 e. The zero-order valence-electron chi connectivity index (χ0n) is 18.9. The molecule has 0 heterocycles. The van der Waals surface area contributed by atoms with Crippen molar-refractivity contribution < 1.29 is 4.39 Å². The topological polar surface area (TPSA) is 27.0 Å². The van der Waals surface area contributed by atoms with Crippen LogP contribution in [0.4, 0.5) is 4.39 Å². The van der Waals surface area contributed by atoms with E-state index in [4.69, 9.17) is 5.26 Å². The SMILES string of the molecule is CC#N.CC(CCc1ccc(C2CCC(F)CC2)cc1)N(C)CCc1ccccc1. The highest BCUT2D eigenvalue weighted by Gasteiger charge is 2.21. The molecule has 0 saturated heterocycles. The van der Waals surface area contributed by atoms with Crippen molar-refractivity contribution in [1.29, 1.82) is 5.26 Å². The van der Waals surface area contributed by atoms with Gasteiger partial charge in [0.05, 0.1) is 6.07 Å². The van der Waals surface area contributed by atoms with Crippen LogP contribution in [0.2, 0.25) is 0 Å². The minimum atomic E-state index is -0.569. The molecule has 3 rings (SSSR count). The van der Waals surface area contributed by atoms with E-state index < -0.39 is 6.17 Å². The van der Waals surface area contributed by atoms with Gasteiger partial charge in [-0.2, -0.15) is 5.26 Å². The van der Waals surface area contributed by atoms with Gasteiger partial charge < -0.3 is 4.90 Å². The first-order chi connectivity index (χ1) is 14.5. The van der Waals surface area contributed by atoms with Crippen molar-refractivity contribution in [3.63, 3.8) is 0 Å². The van der Waals surface area contributed by atoms with Crippen LogP contribution >= 0.6 is 0 Å². The summed E-state index contributed by atoms with van der Waals surface area (Å²) in [7, 11) is 2.23. The van der Waals surface area contributed by atoms with Gasteiger partial charge in [0.15, 0.2) is 0 Å². The van der Waals surface area contributed by atoms with Gasteiger partial charge in [-0.15, -0.1) is 0 Å². The molecule has 0 N–H and O–H groups in total. The fraction of sp³-hybridized carbons (Fsp3) is 0.519. The molecule has 0 bridgehead atoms. The molecule has 1 fully saturated rings. The van der Waals surface area contributed by atoms with Gasteiger partial charge in [0.2, 0.25) is 0 Å². The Morgan fingerprint density at radius 3 is 2.13 bits per heavy atom. The highest BCUT2D eigenvalue weighted by Crippen LogP contribution is 2.34. The van der Waals surface area contributed by atoms with E-state index >= 15 is 0 Å². The lowest BCUT2D eigenvalue weighted by Crippen LogP contribution is -2.31. The van der Waals surface area contributed by atoms with Crippen LogP contribution in [0, 0.1) is 11.3 Å². The summed E-state index contributed by atoms with van der Waals surface area (Å²) in [5.41, 5.74) is 4.23. The van der Waals surface area contributed by atoms with Gasteiger partial charge >= 0.3 is 0 Å². The van der Waals surface area contributed by atoms with Gasteiger partial charge in [0.1, 0.15) is 6.17 Å². The van der Waals surface area contributed by atoms with Gasteiger partial charge in [0, 0.05) is 19.5 Å². The Morgan fingerprint density at radius 2 is 1.53 bits per heavy atom. The summed E-state index contributed by atoms with van der Waals surface area (Å²) in [6.07, 6.45) is 6.32. The van der Waals surface area contributed by atoms with Gasteiger partial charge in [0.25, 0.3) is 0 Å². The number of halogens is 1. The van der Waals surface area contributed by atoms with E-state index in [-0.39, 0.29) is 0 Å². The maximum atomic E-state index is 13.3. The van der Waals surface area contributed by atoms with Crippen molar-refractivity contribution in [3.8, 4) is 6.07 Å². The zero-order valence-corrected chi connectivity index (χ0v) is 18.9. The van der Waals surface area contributed by atoms with Crippen molar-refractivity contribution in [1.82, 2.24) is 4.90 Å². The summed E-state index contributed by atoms with van der Waals surface area (Å²) in [6, 6.07) is 22.2. The molecule has 0 amide bonds. The Morgan fingerprint density at radius 1 is 0.967 bits per heavy atom. The number of benzene rings is 2. The third-order valence-corrected chi connectivity index (χ3v) is 6.31. The zero-order chi connectivity index (χ0) is 21.8. The Kier molecular flexibility index (Phi) is 10.6. The number of likely N-dealkylation sites (N-methyl/N-ethyl adjacent to an activating group) is 1. The number of hydrogen-bond acceptors (Lipinski definition) is 2. The second-order valence-electron chi connectivity index (χ2n) is 8.52. The van der Waals surface area contributed by atoms with E-state index in [1.54, 1.807) is 6.07 Å². The first-order valence-electron chi connectivity index (χ1n) is 11.3. The lowest BCUT2D eigenvalue weighted by molar-refractivity contribution is 0.235. The van der Waals surface area contributed by atoms with Crippen LogP contribution < -0.4 is 0 Å². The molecule has 1 aliphatic carbocycles.